The number of para-hydroxylation sites is 2. The van der Waals surface area contributed by atoms with Crippen LogP contribution >= 0.6 is 11.8 Å². The fourth-order valence-corrected chi connectivity index (χ4v) is 4.33. The molecule has 2 nitrogen and oxygen atoms in total. The topological polar surface area (TPSA) is 6.48 Å². The minimum absolute atomic E-state index is 1.05. The Kier molecular flexibility index (Phi) is 5.63. The van der Waals surface area contributed by atoms with E-state index in [-0.39, 0.29) is 0 Å². The number of hydrogen-bond acceptors (Lipinski definition) is 3. The van der Waals surface area contributed by atoms with E-state index in [1.807, 2.05) is 11.8 Å². The number of benzene rings is 2. The van der Waals surface area contributed by atoms with Crippen molar-refractivity contribution < 1.29 is 0 Å². The molecular formula is C20H26N2S. The van der Waals surface area contributed by atoms with Crippen LogP contribution in [0.15, 0.2) is 58.3 Å². The van der Waals surface area contributed by atoms with Crippen molar-refractivity contribution >= 4 is 23.1 Å². The van der Waals surface area contributed by atoms with Crippen LogP contribution in [0, 0.1) is 0 Å². The van der Waals surface area contributed by atoms with Crippen molar-refractivity contribution in [2.45, 2.75) is 36.5 Å². The van der Waals surface area contributed by atoms with Gasteiger partial charge in [-0.1, -0.05) is 49.9 Å². The van der Waals surface area contributed by atoms with Crippen LogP contribution in [0.3, 0.4) is 0 Å². The van der Waals surface area contributed by atoms with Gasteiger partial charge < -0.3 is 9.80 Å². The second kappa shape index (κ2) is 7.89. The summed E-state index contributed by atoms with van der Waals surface area (Å²) in [6.07, 6.45) is 2.45. The molecule has 122 valence electrons. The molecular weight excluding hydrogens is 300 g/mol. The Labute approximate surface area is 144 Å². The van der Waals surface area contributed by atoms with Gasteiger partial charge in [0.2, 0.25) is 0 Å². The largest absolute Gasteiger partial charge is 0.338 e. The molecule has 0 saturated carbocycles. The molecule has 0 fully saturated rings. The first-order chi connectivity index (χ1) is 11.3. The van der Waals surface area contributed by atoms with Gasteiger partial charge in [-0.2, -0.15) is 0 Å². The van der Waals surface area contributed by atoms with Gasteiger partial charge in [0.1, 0.15) is 0 Å². The Morgan fingerprint density at radius 3 is 1.83 bits per heavy atom. The lowest BCUT2D eigenvalue weighted by molar-refractivity contribution is 0.282. The van der Waals surface area contributed by atoms with E-state index in [4.69, 9.17) is 0 Å². The SMILES string of the molecule is CCCN(CCC)CCN1c2ccccc2Sc2ccccc21. The van der Waals surface area contributed by atoms with Gasteiger partial charge in [-0.05, 0) is 50.2 Å². The molecule has 0 bridgehead atoms. The molecule has 0 aliphatic carbocycles. The molecule has 0 N–H and O–H groups in total. The van der Waals surface area contributed by atoms with E-state index < -0.39 is 0 Å². The lowest BCUT2D eigenvalue weighted by Gasteiger charge is -2.34. The average molecular weight is 327 g/mol. The first-order valence-electron chi connectivity index (χ1n) is 8.69. The monoisotopic (exact) mass is 326 g/mol. The Morgan fingerprint density at radius 2 is 1.30 bits per heavy atom. The standard InChI is InChI=1S/C20H26N2S/c1-3-13-21(14-4-2)15-16-22-17-9-5-7-11-19(17)23-20-12-8-6-10-18(20)22/h5-12H,3-4,13-16H2,1-2H3. The van der Waals surface area contributed by atoms with Crippen molar-refractivity contribution in [3.8, 4) is 0 Å². The summed E-state index contributed by atoms with van der Waals surface area (Å²) >= 11 is 1.89. The minimum Gasteiger partial charge on any atom is -0.338 e. The maximum atomic E-state index is 2.59. The molecule has 3 heteroatoms. The molecule has 3 rings (SSSR count). The van der Waals surface area contributed by atoms with Gasteiger partial charge in [0.05, 0.1) is 11.4 Å². The van der Waals surface area contributed by atoms with Gasteiger partial charge in [-0.15, -0.1) is 0 Å². The summed E-state index contributed by atoms with van der Waals surface area (Å²) in [4.78, 5) is 7.82. The van der Waals surface area contributed by atoms with E-state index in [0.29, 0.717) is 0 Å². The van der Waals surface area contributed by atoms with Crippen molar-refractivity contribution in [1.82, 2.24) is 4.90 Å². The molecule has 2 aromatic carbocycles. The third-order valence-electron chi connectivity index (χ3n) is 4.25. The van der Waals surface area contributed by atoms with Crippen molar-refractivity contribution in [2.75, 3.05) is 31.1 Å². The Hall–Kier alpha value is -1.45. The van der Waals surface area contributed by atoms with Gasteiger partial charge >= 0.3 is 0 Å². The van der Waals surface area contributed by atoms with E-state index in [1.54, 1.807) is 0 Å². The smallest absolute Gasteiger partial charge is 0.0553 e. The van der Waals surface area contributed by atoms with Crippen LogP contribution in [0.2, 0.25) is 0 Å². The van der Waals surface area contributed by atoms with Crippen molar-refractivity contribution in [3.63, 3.8) is 0 Å². The van der Waals surface area contributed by atoms with Gasteiger partial charge in [0.15, 0.2) is 0 Å². The van der Waals surface area contributed by atoms with Gasteiger partial charge in [0.25, 0.3) is 0 Å². The van der Waals surface area contributed by atoms with Crippen LogP contribution in [0.4, 0.5) is 11.4 Å². The number of rotatable bonds is 7. The molecule has 0 saturated heterocycles. The summed E-state index contributed by atoms with van der Waals surface area (Å²) in [6.45, 7) is 9.10. The summed E-state index contributed by atoms with van der Waals surface area (Å²) in [5.41, 5.74) is 2.70. The van der Waals surface area contributed by atoms with Crippen molar-refractivity contribution in [1.29, 1.82) is 0 Å². The quantitative estimate of drug-likeness (QED) is 0.671. The summed E-state index contributed by atoms with van der Waals surface area (Å²) in [5, 5.41) is 0. The highest BCUT2D eigenvalue weighted by Gasteiger charge is 2.22. The summed E-state index contributed by atoms with van der Waals surface area (Å²) in [6, 6.07) is 17.5. The first-order valence-corrected chi connectivity index (χ1v) is 9.51. The maximum Gasteiger partial charge on any atom is 0.0553 e. The van der Waals surface area contributed by atoms with Gasteiger partial charge in [0, 0.05) is 22.9 Å². The third-order valence-corrected chi connectivity index (χ3v) is 5.38. The number of fused-ring (bicyclic) bond motifs is 2. The second-order valence-electron chi connectivity index (χ2n) is 6.03. The molecule has 0 atom stereocenters. The number of anilines is 2. The number of nitrogens with zero attached hydrogens (tertiary/aromatic N) is 2. The molecule has 0 unspecified atom stereocenters. The fourth-order valence-electron chi connectivity index (χ4n) is 3.23. The maximum absolute atomic E-state index is 2.59. The van der Waals surface area contributed by atoms with Crippen LogP contribution in [-0.2, 0) is 0 Å². The van der Waals surface area contributed by atoms with Crippen LogP contribution in [0.25, 0.3) is 0 Å². The molecule has 0 amide bonds. The van der Waals surface area contributed by atoms with Crippen LogP contribution in [0.5, 0.6) is 0 Å². The molecule has 0 radical (unpaired) electrons. The average Bonchev–Trinajstić information content (AvgIpc) is 2.59. The molecule has 2 aromatic rings. The summed E-state index contributed by atoms with van der Waals surface area (Å²) in [7, 11) is 0. The predicted octanol–water partition coefficient (Wildman–Crippen LogP) is 5.41. The highest BCUT2D eigenvalue weighted by atomic mass is 32.2. The third kappa shape index (κ3) is 3.73. The molecule has 1 aliphatic rings. The normalized spacial score (nSPS) is 13.1. The van der Waals surface area contributed by atoms with Crippen LogP contribution in [-0.4, -0.2) is 31.1 Å². The zero-order chi connectivity index (χ0) is 16.1. The fraction of sp³-hybridized carbons (Fsp3) is 0.400. The van der Waals surface area contributed by atoms with E-state index in [0.717, 1.165) is 13.1 Å². The zero-order valence-corrected chi connectivity index (χ0v) is 15.0. The molecule has 0 spiro atoms. The molecule has 0 aromatic heterocycles. The first kappa shape index (κ1) is 16.4. The van der Waals surface area contributed by atoms with Gasteiger partial charge in [-0.25, -0.2) is 0 Å². The van der Waals surface area contributed by atoms with E-state index in [1.165, 1.54) is 47.1 Å². The summed E-state index contributed by atoms with van der Waals surface area (Å²) in [5.74, 6) is 0. The molecule has 23 heavy (non-hydrogen) atoms. The Bertz CT molecular complexity index is 590. The number of hydrogen-bond donors (Lipinski definition) is 0. The second-order valence-corrected chi connectivity index (χ2v) is 7.11. The van der Waals surface area contributed by atoms with E-state index in [2.05, 4.69) is 72.2 Å². The lowest BCUT2D eigenvalue weighted by atomic mass is 10.2. The highest BCUT2D eigenvalue weighted by Crippen LogP contribution is 2.47. The summed E-state index contributed by atoms with van der Waals surface area (Å²) < 4.78 is 0. The molecule has 1 aliphatic heterocycles. The highest BCUT2D eigenvalue weighted by molar-refractivity contribution is 7.99. The van der Waals surface area contributed by atoms with E-state index in [9.17, 15) is 0 Å². The molecule has 1 heterocycles. The van der Waals surface area contributed by atoms with Crippen molar-refractivity contribution in [2.24, 2.45) is 0 Å². The Morgan fingerprint density at radius 1 is 0.783 bits per heavy atom. The van der Waals surface area contributed by atoms with Crippen LogP contribution < -0.4 is 4.90 Å². The zero-order valence-electron chi connectivity index (χ0n) is 14.2. The minimum atomic E-state index is 1.05. The van der Waals surface area contributed by atoms with Crippen molar-refractivity contribution in [3.05, 3.63) is 48.5 Å². The van der Waals surface area contributed by atoms with Gasteiger partial charge in [-0.3, -0.25) is 0 Å². The lowest BCUT2D eigenvalue weighted by Crippen LogP contribution is -2.35. The predicted molar refractivity (Wildman–Crippen MR) is 101 cm³/mol. The Balaban J connectivity index is 1.83. The van der Waals surface area contributed by atoms with E-state index >= 15 is 0 Å². The van der Waals surface area contributed by atoms with Crippen LogP contribution in [0.1, 0.15) is 26.7 Å².